The average Bonchev–Trinajstić information content (AvgIpc) is 2.17. The fourth-order valence-corrected chi connectivity index (χ4v) is 1.99. The minimum absolute atomic E-state index is 0.0721. The monoisotopic (exact) mass is 266 g/mol. The first-order valence-electron chi connectivity index (χ1n) is 5.34. The van der Waals surface area contributed by atoms with Crippen LogP contribution in [0.1, 0.15) is 26.7 Å². The van der Waals surface area contributed by atoms with Crippen molar-refractivity contribution in [2.75, 3.05) is 17.4 Å². The number of carbonyl (C=O) groups excluding carboxylic acids is 2. The van der Waals surface area contributed by atoms with E-state index in [9.17, 15) is 9.59 Å². The number of alkyl halides is 1. The van der Waals surface area contributed by atoms with Gasteiger partial charge in [0.15, 0.2) is 0 Å². The summed E-state index contributed by atoms with van der Waals surface area (Å²) in [6.07, 6.45) is 1.06. The molecule has 0 saturated heterocycles. The van der Waals surface area contributed by atoms with Gasteiger partial charge in [-0.15, -0.1) is 11.6 Å². The van der Waals surface area contributed by atoms with E-state index in [4.69, 9.17) is 11.6 Å². The molecule has 2 N–H and O–H groups in total. The van der Waals surface area contributed by atoms with Crippen molar-refractivity contribution in [3.05, 3.63) is 0 Å². The number of thioether (sulfide) groups is 1. The van der Waals surface area contributed by atoms with Gasteiger partial charge in [-0.05, 0) is 24.9 Å². The van der Waals surface area contributed by atoms with E-state index < -0.39 is 6.03 Å². The van der Waals surface area contributed by atoms with Crippen LogP contribution in [0.3, 0.4) is 0 Å². The predicted octanol–water partition coefficient (Wildman–Crippen LogP) is 1.97. The van der Waals surface area contributed by atoms with Crippen molar-refractivity contribution >= 4 is 35.3 Å². The van der Waals surface area contributed by atoms with E-state index in [1.165, 1.54) is 0 Å². The topological polar surface area (TPSA) is 58.2 Å². The molecule has 0 aromatic heterocycles. The zero-order valence-corrected chi connectivity index (χ0v) is 11.3. The molecule has 0 spiro atoms. The van der Waals surface area contributed by atoms with E-state index in [0.29, 0.717) is 0 Å². The fraction of sp³-hybridized carbons (Fsp3) is 0.800. The minimum Gasteiger partial charge on any atom is -0.335 e. The largest absolute Gasteiger partial charge is 0.335 e. The van der Waals surface area contributed by atoms with E-state index in [2.05, 4.69) is 17.6 Å². The molecular formula is C10H19ClN2O2S. The number of hydrogen-bond donors (Lipinski definition) is 2. The molecule has 3 amide bonds. The lowest BCUT2D eigenvalue weighted by Gasteiger charge is -2.13. The summed E-state index contributed by atoms with van der Waals surface area (Å²) < 4.78 is 0. The SMILES string of the molecule is CCSCCC(C)NC(=O)NC(=O)CCCl. The molecule has 6 heteroatoms. The third-order valence-corrected chi connectivity index (χ3v) is 2.97. The predicted molar refractivity (Wildman–Crippen MR) is 69.1 cm³/mol. The first-order chi connectivity index (χ1) is 7.60. The number of rotatable bonds is 7. The quantitative estimate of drug-likeness (QED) is 0.547. The molecule has 1 unspecified atom stereocenters. The van der Waals surface area contributed by atoms with E-state index in [1.807, 2.05) is 18.7 Å². The summed E-state index contributed by atoms with van der Waals surface area (Å²) in [6, 6.07) is -0.369. The number of halogens is 1. The van der Waals surface area contributed by atoms with Crippen molar-refractivity contribution in [1.29, 1.82) is 0 Å². The van der Waals surface area contributed by atoms with E-state index in [1.54, 1.807) is 0 Å². The van der Waals surface area contributed by atoms with E-state index in [-0.39, 0.29) is 24.2 Å². The number of hydrogen-bond acceptors (Lipinski definition) is 3. The van der Waals surface area contributed by atoms with Crippen molar-refractivity contribution in [2.24, 2.45) is 0 Å². The summed E-state index contributed by atoms with van der Waals surface area (Å²) >= 11 is 7.20. The molecule has 94 valence electrons. The Balaban J connectivity index is 3.65. The molecular weight excluding hydrogens is 248 g/mol. The van der Waals surface area contributed by atoms with Crippen molar-refractivity contribution in [3.8, 4) is 0 Å². The summed E-state index contributed by atoms with van der Waals surface area (Å²) in [6.45, 7) is 4.02. The summed E-state index contributed by atoms with van der Waals surface area (Å²) in [7, 11) is 0. The molecule has 0 heterocycles. The molecule has 0 radical (unpaired) electrons. The molecule has 0 aromatic rings. The van der Waals surface area contributed by atoms with Gasteiger partial charge in [-0.1, -0.05) is 6.92 Å². The van der Waals surface area contributed by atoms with Gasteiger partial charge < -0.3 is 5.32 Å². The second-order valence-electron chi connectivity index (χ2n) is 3.35. The van der Waals surface area contributed by atoms with Crippen LogP contribution in [0, 0.1) is 0 Å². The summed E-state index contributed by atoms with van der Waals surface area (Å²) in [4.78, 5) is 22.3. The number of nitrogens with one attached hydrogen (secondary N) is 2. The summed E-state index contributed by atoms with van der Waals surface area (Å²) in [5.74, 6) is 1.96. The molecule has 0 aromatic carbocycles. The lowest BCUT2D eigenvalue weighted by atomic mass is 10.3. The molecule has 0 rings (SSSR count). The van der Waals surface area contributed by atoms with Crippen LogP contribution in [-0.4, -0.2) is 35.4 Å². The molecule has 1 atom stereocenters. The van der Waals surface area contributed by atoms with Gasteiger partial charge in [0.05, 0.1) is 0 Å². The van der Waals surface area contributed by atoms with Crippen molar-refractivity contribution in [1.82, 2.24) is 10.6 Å². The van der Waals surface area contributed by atoms with Gasteiger partial charge in [0.25, 0.3) is 0 Å². The first kappa shape index (κ1) is 15.6. The fourth-order valence-electron chi connectivity index (χ4n) is 1.01. The average molecular weight is 267 g/mol. The smallest absolute Gasteiger partial charge is 0.321 e. The van der Waals surface area contributed by atoms with Gasteiger partial charge in [-0.3, -0.25) is 10.1 Å². The summed E-state index contributed by atoms with van der Waals surface area (Å²) in [5.41, 5.74) is 0. The van der Waals surface area contributed by atoms with Crippen LogP contribution in [-0.2, 0) is 4.79 Å². The standard InChI is InChI=1S/C10H19ClN2O2S/c1-3-16-7-5-8(2)12-10(15)13-9(14)4-6-11/h8H,3-7H2,1-2H3,(H2,12,13,14,15). The maximum absolute atomic E-state index is 11.3. The first-order valence-corrected chi connectivity index (χ1v) is 7.03. The van der Waals surface area contributed by atoms with Crippen molar-refractivity contribution < 1.29 is 9.59 Å². The van der Waals surface area contributed by atoms with E-state index in [0.717, 1.165) is 17.9 Å². The van der Waals surface area contributed by atoms with Gasteiger partial charge in [0.2, 0.25) is 5.91 Å². The van der Waals surface area contributed by atoms with Gasteiger partial charge in [-0.2, -0.15) is 11.8 Å². The zero-order chi connectivity index (χ0) is 12.4. The molecule has 0 aliphatic rings. The molecule has 0 aliphatic carbocycles. The molecule has 0 bridgehead atoms. The molecule has 4 nitrogen and oxygen atoms in total. The highest BCUT2D eigenvalue weighted by Gasteiger charge is 2.09. The molecule has 0 fully saturated rings. The van der Waals surface area contributed by atoms with Crippen molar-refractivity contribution in [2.45, 2.75) is 32.7 Å². The number of amides is 3. The lowest BCUT2D eigenvalue weighted by Crippen LogP contribution is -2.43. The van der Waals surface area contributed by atoms with Crippen LogP contribution < -0.4 is 10.6 Å². The Kier molecular flexibility index (Phi) is 9.52. The van der Waals surface area contributed by atoms with Gasteiger partial charge in [0, 0.05) is 18.3 Å². The second kappa shape index (κ2) is 9.78. The molecule has 16 heavy (non-hydrogen) atoms. The number of imide groups is 1. The Bertz CT molecular complexity index is 227. The van der Waals surface area contributed by atoms with Crippen LogP contribution in [0.5, 0.6) is 0 Å². The highest BCUT2D eigenvalue weighted by molar-refractivity contribution is 7.99. The van der Waals surface area contributed by atoms with Crippen LogP contribution in [0.15, 0.2) is 0 Å². The zero-order valence-electron chi connectivity index (χ0n) is 9.72. The Morgan fingerprint density at radius 2 is 2.12 bits per heavy atom. The third-order valence-electron chi connectivity index (χ3n) is 1.85. The minimum atomic E-state index is -0.441. The Morgan fingerprint density at radius 3 is 2.69 bits per heavy atom. The Morgan fingerprint density at radius 1 is 1.44 bits per heavy atom. The van der Waals surface area contributed by atoms with E-state index >= 15 is 0 Å². The Hall–Kier alpha value is -0.420. The molecule has 0 aliphatic heterocycles. The highest BCUT2D eigenvalue weighted by Crippen LogP contribution is 2.03. The number of urea groups is 1. The maximum atomic E-state index is 11.3. The number of carbonyl (C=O) groups is 2. The van der Waals surface area contributed by atoms with Crippen LogP contribution >= 0.6 is 23.4 Å². The van der Waals surface area contributed by atoms with Crippen LogP contribution in [0.4, 0.5) is 4.79 Å². The van der Waals surface area contributed by atoms with Gasteiger partial charge >= 0.3 is 6.03 Å². The second-order valence-corrected chi connectivity index (χ2v) is 5.12. The van der Waals surface area contributed by atoms with Gasteiger partial charge in [-0.25, -0.2) is 4.79 Å². The summed E-state index contributed by atoms with van der Waals surface area (Å²) in [5, 5.41) is 4.92. The molecule has 0 saturated carbocycles. The maximum Gasteiger partial charge on any atom is 0.321 e. The van der Waals surface area contributed by atoms with Crippen molar-refractivity contribution in [3.63, 3.8) is 0 Å². The van der Waals surface area contributed by atoms with Crippen LogP contribution in [0.25, 0.3) is 0 Å². The van der Waals surface area contributed by atoms with Gasteiger partial charge in [0.1, 0.15) is 0 Å². The van der Waals surface area contributed by atoms with Crippen LogP contribution in [0.2, 0.25) is 0 Å². The highest BCUT2D eigenvalue weighted by atomic mass is 35.5. The lowest BCUT2D eigenvalue weighted by molar-refractivity contribution is -0.119. The Labute approximate surface area is 106 Å². The normalized spacial score (nSPS) is 11.9. The third kappa shape index (κ3) is 8.85.